The molecule has 2 aromatic rings. The van der Waals surface area contributed by atoms with E-state index in [2.05, 4.69) is 24.8 Å². The molecular weight excluding hydrogens is 368 g/mol. The molecule has 0 bridgehead atoms. The molecule has 1 fully saturated rings. The van der Waals surface area contributed by atoms with Gasteiger partial charge in [-0.05, 0) is 66.8 Å². The third-order valence-corrected chi connectivity index (χ3v) is 6.36. The van der Waals surface area contributed by atoms with Crippen molar-refractivity contribution in [1.29, 1.82) is 0 Å². The number of piperidine rings is 1. The van der Waals surface area contributed by atoms with Crippen molar-refractivity contribution in [2.75, 3.05) is 18.0 Å². The minimum atomic E-state index is -0.210. The quantitative estimate of drug-likeness (QED) is 0.713. The van der Waals surface area contributed by atoms with Gasteiger partial charge in [-0.3, -0.25) is 9.59 Å². The number of carbonyl (C=O) groups is 2. The number of anilines is 1. The van der Waals surface area contributed by atoms with Crippen molar-refractivity contribution in [1.82, 2.24) is 4.90 Å². The van der Waals surface area contributed by atoms with E-state index in [1.807, 2.05) is 43.5 Å². The van der Waals surface area contributed by atoms with Gasteiger partial charge in [0.2, 0.25) is 0 Å². The second kappa shape index (κ2) is 7.21. The van der Waals surface area contributed by atoms with E-state index >= 15 is 0 Å². The first-order chi connectivity index (χ1) is 13.3. The molecule has 3 heterocycles. The highest BCUT2D eigenvalue weighted by atomic mass is 32.1. The summed E-state index contributed by atoms with van der Waals surface area (Å²) in [6, 6.07) is 9.76. The largest absolute Gasteiger partial charge is 0.366 e. The van der Waals surface area contributed by atoms with E-state index in [1.165, 1.54) is 16.2 Å². The molecule has 0 aliphatic carbocycles. The van der Waals surface area contributed by atoms with Gasteiger partial charge in [0.25, 0.3) is 11.8 Å². The lowest BCUT2D eigenvalue weighted by molar-refractivity contribution is -0.120. The van der Waals surface area contributed by atoms with Crippen molar-refractivity contribution in [3.8, 4) is 0 Å². The third-order valence-electron chi connectivity index (χ3n) is 5.48. The van der Waals surface area contributed by atoms with Gasteiger partial charge in [0.1, 0.15) is 5.70 Å². The molecule has 4 nitrogen and oxygen atoms in total. The van der Waals surface area contributed by atoms with E-state index in [0.29, 0.717) is 28.8 Å². The van der Waals surface area contributed by atoms with Crippen molar-refractivity contribution in [3.05, 3.63) is 57.4 Å². The number of imide groups is 1. The Balaban J connectivity index is 1.82. The molecule has 1 aromatic carbocycles. The summed E-state index contributed by atoms with van der Waals surface area (Å²) in [6.07, 6.45) is 1.15. The number of benzene rings is 1. The molecule has 2 atom stereocenters. The highest BCUT2D eigenvalue weighted by Gasteiger charge is 2.44. The fourth-order valence-electron chi connectivity index (χ4n) is 4.61. The Kier molecular flexibility index (Phi) is 4.88. The number of hydrogen-bond donors (Lipinski definition) is 0. The zero-order valence-corrected chi connectivity index (χ0v) is 17.7. The fourth-order valence-corrected chi connectivity index (χ4v) is 5.38. The number of aryl methyl sites for hydroxylation is 2. The van der Waals surface area contributed by atoms with E-state index in [1.54, 1.807) is 0 Å². The van der Waals surface area contributed by atoms with Crippen molar-refractivity contribution >= 4 is 34.4 Å². The molecule has 1 saturated heterocycles. The Morgan fingerprint density at radius 3 is 2.18 bits per heavy atom. The summed E-state index contributed by atoms with van der Waals surface area (Å²) >= 11 is 1.51. The topological polar surface area (TPSA) is 40.6 Å². The normalized spacial score (nSPS) is 23.1. The molecule has 0 saturated carbocycles. The van der Waals surface area contributed by atoms with Gasteiger partial charge in [0, 0.05) is 18.0 Å². The first kappa shape index (κ1) is 18.9. The second-order valence-corrected chi connectivity index (χ2v) is 9.29. The lowest BCUT2D eigenvalue weighted by atomic mass is 9.91. The average Bonchev–Trinajstić information content (AvgIpc) is 3.19. The number of nitrogens with zero attached hydrogens (tertiary/aromatic N) is 2. The fraction of sp³-hybridized carbons (Fsp3) is 0.391. The van der Waals surface area contributed by atoms with Crippen LogP contribution in [0.4, 0.5) is 5.69 Å². The van der Waals surface area contributed by atoms with E-state index in [9.17, 15) is 9.59 Å². The molecule has 0 spiro atoms. The Morgan fingerprint density at radius 1 is 0.964 bits per heavy atom. The maximum Gasteiger partial charge on any atom is 0.282 e. The average molecular weight is 395 g/mol. The molecule has 2 aliphatic heterocycles. The van der Waals surface area contributed by atoms with Crippen LogP contribution in [0, 0.1) is 25.7 Å². The zero-order chi connectivity index (χ0) is 20.0. The molecular formula is C23H26N2O2S. The van der Waals surface area contributed by atoms with Crippen LogP contribution in [0.3, 0.4) is 0 Å². The monoisotopic (exact) mass is 394 g/mol. The molecule has 1 aromatic heterocycles. The van der Waals surface area contributed by atoms with Crippen molar-refractivity contribution in [2.24, 2.45) is 11.8 Å². The van der Waals surface area contributed by atoms with Crippen LogP contribution in [0.2, 0.25) is 0 Å². The lowest BCUT2D eigenvalue weighted by Crippen LogP contribution is -2.42. The number of hydrogen-bond acceptors (Lipinski definition) is 4. The Labute approximate surface area is 170 Å². The SMILES string of the molecule is Cc1cc(C)cc(N2C(=O)C(c3cccs3)=C(N3CC(C)CC(C)C3)C2=O)c1. The summed E-state index contributed by atoms with van der Waals surface area (Å²) in [5.41, 5.74) is 3.88. The number of thiophene rings is 1. The number of rotatable bonds is 3. The molecule has 28 heavy (non-hydrogen) atoms. The van der Waals surface area contributed by atoms with Gasteiger partial charge in [-0.25, -0.2) is 4.90 Å². The third kappa shape index (κ3) is 3.28. The zero-order valence-electron chi connectivity index (χ0n) is 16.9. The van der Waals surface area contributed by atoms with Gasteiger partial charge in [-0.15, -0.1) is 11.3 Å². The van der Waals surface area contributed by atoms with Crippen LogP contribution in [0.25, 0.3) is 5.57 Å². The minimum absolute atomic E-state index is 0.195. The molecule has 2 unspecified atom stereocenters. The van der Waals surface area contributed by atoms with E-state index in [4.69, 9.17) is 0 Å². The van der Waals surface area contributed by atoms with Crippen LogP contribution >= 0.6 is 11.3 Å². The van der Waals surface area contributed by atoms with E-state index in [0.717, 1.165) is 35.5 Å². The molecule has 0 radical (unpaired) electrons. The number of carbonyl (C=O) groups excluding carboxylic acids is 2. The second-order valence-electron chi connectivity index (χ2n) is 8.34. The molecule has 5 heteroatoms. The summed E-state index contributed by atoms with van der Waals surface area (Å²) in [4.78, 5) is 31.4. The molecule has 0 N–H and O–H groups in total. The predicted octanol–water partition coefficient (Wildman–Crippen LogP) is 4.63. The van der Waals surface area contributed by atoms with Crippen molar-refractivity contribution in [2.45, 2.75) is 34.1 Å². The number of likely N-dealkylation sites (tertiary alicyclic amines) is 1. The van der Waals surface area contributed by atoms with Crippen LogP contribution < -0.4 is 4.90 Å². The Bertz CT molecular complexity index is 931. The van der Waals surface area contributed by atoms with E-state index in [-0.39, 0.29) is 11.8 Å². The molecule has 2 aliphatic rings. The summed E-state index contributed by atoms with van der Waals surface area (Å²) in [5.74, 6) is 0.594. The van der Waals surface area contributed by atoms with Gasteiger partial charge in [-0.1, -0.05) is 26.0 Å². The van der Waals surface area contributed by atoms with Crippen molar-refractivity contribution in [3.63, 3.8) is 0 Å². The minimum Gasteiger partial charge on any atom is -0.366 e. The summed E-state index contributed by atoms with van der Waals surface area (Å²) in [6.45, 7) is 10.0. The van der Waals surface area contributed by atoms with Gasteiger partial charge < -0.3 is 4.90 Å². The summed E-state index contributed by atoms with van der Waals surface area (Å²) in [7, 11) is 0. The van der Waals surface area contributed by atoms with Gasteiger partial charge in [0.05, 0.1) is 11.3 Å². The highest BCUT2D eigenvalue weighted by Crippen LogP contribution is 2.38. The molecule has 146 valence electrons. The first-order valence-corrected chi connectivity index (χ1v) is 10.7. The van der Waals surface area contributed by atoms with Crippen LogP contribution in [-0.4, -0.2) is 29.8 Å². The summed E-state index contributed by atoms with van der Waals surface area (Å²) < 4.78 is 0. The van der Waals surface area contributed by atoms with Gasteiger partial charge in [-0.2, -0.15) is 0 Å². The lowest BCUT2D eigenvalue weighted by Gasteiger charge is -2.37. The standard InChI is InChI=1S/C23H26N2O2S/c1-14-8-15(2)11-18(10-14)25-22(26)20(19-6-5-7-28-19)21(23(25)27)24-12-16(3)9-17(4)13-24/h5-8,10-11,16-17H,9,12-13H2,1-4H3. The Morgan fingerprint density at radius 2 is 1.61 bits per heavy atom. The van der Waals surface area contributed by atoms with Gasteiger partial charge in [0.15, 0.2) is 0 Å². The maximum atomic E-state index is 13.6. The summed E-state index contributed by atoms with van der Waals surface area (Å²) in [5, 5.41) is 1.96. The van der Waals surface area contributed by atoms with Crippen LogP contribution in [0.15, 0.2) is 41.4 Å². The smallest absolute Gasteiger partial charge is 0.282 e. The maximum absolute atomic E-state index is 13.6. The predicted molar refractivity (Wildman–Crippen MR) is 114 cm³/mol. The first-order valence-electron chi connectivity index (χ1n) is 9.85. The van der Waals surface area contributed by atoms with Crippen LogP contribution in [0.5, 0.6) is 0 Å². The van der Waals surface area contributed by atoms with Crippen LogP contribution in [-0.2, 0) is 9.59 Å². The van der Waals surface area contributed by atoms with Crippen LogP contribution in [0.1, 0.15) is 36.3 Å². The number of amides is 2. The Hall–Kier alpha value is -2.40. The van der Waals surface area contributed by atoms with Crippen molar-refractivity contribution < 1.29 is 9.59 Å². The van der Waals surface area contributed by atoms with Gasteiger partial charge >= 0.3 is 0 Å². The molecule has 4 rings (SSSR count). The highest BCUT2D eigenvalue weighted by molar-refractivity contribution is 7.11. The molecule has 2 amide bonds. The van der Waals surface area contributed by atoms with E-state index < -0.39 is 0 Å².